The zero-order valence-corrected chi connectivity index (χ0v) is 14.0. The van der Waals surface area contributed by atoms with Gasteiger partial charge in [0.15, 0.2) is 0 Å². The van der Waals surface area contributed by atoms with Gasteiger partial charge in [-0.3, -0.25) is 0 Å². The molecule has 0 bridgehead atoms. The molecule has 10 heteroatoms. The van der Waals surface area contributed by atoms with Crippen LogP contribution in [0.1, 0.15) is 5.69 Å². The first kappa shape index (κ1) is 16.8. The monoisotopic (exact) mass is 366 g/mol. The van der Waals surface area contributed by atoms with E-state index in [1.807, 2.05) is 4.90 Å². The number of alkyl halides is 3. The van der Waals surface area contributed by atoms with Crippen molar-refractivity contribution >= 4 is 11.8 Å². The van der Waals surface area contributed by atoms with Gasteiger partial charge in [-0.25, -0.2) is 15.0 Å². The van der Waals surface area contributed by atoms with Crippen LogP contribution < -0.4 is 14.5 Å². The number of methoxy groups -OCH3 is 1. The van der Waals surface area contributed by atoms with Crippen LogP contribution in [-0.4, -0.2) is 53.2 Å². The highest BCUT2D eigenvalue weighted by molar-refractivity contribution is 5.43. The first-order valence-corrected chi connectivity index (χ1v) is 8.20. The van der Waals surface area contributed by atoms with Gasteiger partial charge < -0.3 is 14.5 Å². The lowest BCUT2D eigenvalue weighted by Crippen LogP contribution is -2.30. The van der Waals surface area contributed by atoms with Gasteiger partial charge >= 0.3 is 6.18 Å². The molecule has 2 saturated heterocycles. The Morgan fingerprint density at radius 1 is 1.04 bits per heavy atom. The summed E-state index contributed by atoms with van der Waals surface area (Å²) >= 11 is 0. The van der Waals surface area contributed by atoms with E-state index in [1.165, 1.54) is 0 Å². The number of hydrogen-bond acceptors (Lipinski definition) is 7. The fraction of sp³-hybridized carbons (Fsp3) is 0.500. The number of rotatable bonds is 3. The van der Waals surface area contributed by atoms with Crippen LogP contribution in [0.15, 0.2) is 24.7 Å². The van der Waals surface area contributed by atoms with Crippen LogP contribution in [0.3, 0.4) is 0 Å². The number of aromatic nitrogens is 4. The van der Waals surface area contributed by atoms with Crippen molar-refractivity contribution in [1.29, 1.82) is 0 Å². The molecule has 0 aliphatic carbocycles. The molecular formula is C16H17F3N6O. The van der Waals surface area contributed by atoms with Crippen molar-refractivity contribution in [2.45, 2.75) is 6.18 Å². The van der Waals surface area contributed by atoms with E-state index in [0.717, 1.165) is 25.5 Å². The van der Waals surface area contributed by atoms with Gasteiger partial charge in [0.1, 0.15) is 17.8 Å². The highest BCUT2D eigenvalue weighted by Gasteiger charge is 2.42. The summed E-state index contributed by atoms with van der Waals surface area (Å²) in [7, 11) is 1.56. The van der Waals surface area contributed by atoms with Crippen LogP contribution in [0.5, 0.6) is 5.88 Å². The average molecular weight is 366 g/mol. The maximum atomic E-state index is 12.8. The lowest BCUT2D eigenvalue weighted by Gasteiger charge is -2.22. The molecule has 2 aromatic heterocycles. The molecule has 0 spiro atoms. The van der Waals surface area contributed by atoms with E-state index >= 15 is 0 Å². The number of ether oxygens (including phenoxy) is 1. The third-order valence-corrected chi connectivity index (χ3v) is 4.86. The highest BCUT2D eigenvalue weighted by Crippen LogP contribution is 2.36. The van der Waals surface area contributed by atoms with Crippen LogP contribution in [0.25, 0.3) is 0 Å². The minimum Gasteiger partial charge on any atom is -0.481 e. The molecule has 2 fully saturated rings. The van der Waals surface area contributed by atoms with Crippen LogP contribution in [0.2, 0.25) is 0 Å². The molecule has 2 unspecified atom stereocenters. The average Bonchev–Trinajstić information content (AvgIpc) is 3.20. The van der Waals surface area contributed by atoms with Gasteiger partial charge in [-0.05, 0) is 0 Å². The second-order valence-electron chi connectivity index (χ2n) is 6.49. The smallest absolute Gasteiger partial charge is 0.433 e. The molecule has 7 nitrogen and oxygen atoms in total. The number of halogens is 3. The topological polar surface area (TPSA) is 67.3 Å². The van der Waals surface area contributed by atoms with Crippen LogP contribution in [0, 0.1) is 11.8 Å². The van der Waals surface area contributed by atoms with Gasteiger partial charge in [0.2, 0.25) is 11.8 Å². The van der Waals surface area contributed by atoms with Gasteiger partial charge in [0.05, 0.1) is 7.11 Å². The Balaban J connectivity index is 1.45. The number of hydrogen-bond donors (Lipinski definition) is 0. The van der Waals surface area contributed by atoms with Crippen molar-refractivity contribution in [3.8, 4) is 5.88 Å². The zero-order valence-electron chi connectivity index (χ0n) is 14.0. The van der Waals surface area contributed by atoms with Crippen molar-refractivity contribution in [1.82, 2.24) is 19.9 Å². The summed E-state index contributed by atoms with van der Waals surface area (Å²) < 4.78 is 43.7. The van der Waals surface area contributed by atoms with Crippen molar-refractivity contribution in [2.75, 3.05) is 43.1 Å². The third kappa shape index (κ3) is 3.11. The molecule has 0 amide bonds. The predicted molar refractivity (Wildman–Crippen MR) is 87.0 cm³/mol. The normalized spacial score (nSPS) is 22.6. The molecule has 4 heterocycles. The van der Waals surface area contributed by atoms with Gasteiger partial charge in [-0.2, -0.15) is 18.2 Å². The Kier molecular flexibility index (Phi) is 4.04. The van der Waals surface area contributed by atoms with Crippen LogP contribution in [0.4, 0.5) is 24.9 Å². The van der Waals surface area contributed by atoms with E-state index in [4.69, 9.17) is 4.74 Å². The van der Waals surface area contributed by atoms with Crippen molar-refractivity contribution in [3.05, 3.63) is 30.4 Å². The Labute approximate surface area is 147 Å². The summed E-state index contributed by atoms with van der Waals surface area (Å²) in [5.41, 5.74) is -0.911. The van der Waals surface area contributed by atoms with Crippen molar-refractivity contribution in [3.63, 3.8) is 0 Å². The SMILES string of the molecule is COc1ccnc(N2CC3CN(c4cc(C(F)(F)F)ncn4)CC3C2)n1. The minimum atomic E-state index is -4.46. The molecule has 0 radical (unpaired) electrons. The molecule has 0 N–H and O–H groups in total. The van der Waals surface area contributed by atoms with E-state index in [1.54, 1.807) is 19.4 Å². The Bertz CT molecular complexity index is 788. The molecule has 4 rings (SSSR count). The fourth-order valence-corrected chi connectivity index (χ4v) is 3.62. The molecule has 2 aliphatic rings. The van der Waals surface area contributed by atoms with Crippen molar-refractivity contribution in [2.24, 2.45) is 11.8 Å². The summed E-state index contributed by atoms with van der Waals surface area (Å²) in [4.78, 5) is 20.0. The van der Waals surface area contributed by atoms with E-state index in [-0.39, 0.29) is 0 Å². The van der Waals surface area contributed by atoms with Gasteiger partial charge in [0.25, 0.3) is 0 Å². The number of nitrogens with zero attached hydrogens (tertiary/aromatic N) is 6. The molecule has 26 heavy (non-hydrogen) atoms. The van der Waals surface area contributed by atoms with Crippen LogP contribution in [-0.2, 0) is 6.18 Å². The molecule has 138 valence electrons. The first-order valence-electron chi connectivity index (χ1n) is 8.20. The van der Waals surface area contributed by atoms with Gasteiger partial charge in [-0.1, -0.05) is 0 Å². The maximum absolute atomic E-state index is 12.8. The molecule has 0 saturated carbocycles. The first-order chi connectivity index (χ1) is 12.4. The van der Waals surface area contributed by atoms with E-state index in [2.05, 4.69) is 24.8 Å². The third-order valence-electron chi connectivity index (χ3n) is 4.86. The zero-order chi connectivity index (χ0) is 18.3. The van der Waals surface area contributed by atoms with E-state index in [0.29, 0.717) is 42.6 Å². The van der Waals surface area contributed by atoms with E-state index < -0.39 is 11.9 Å². The molecule has 0 aromatic carbocycles. The van der Waals surface area contributed by atoms with Gasteiger partial charge in [-0.15, -0.1) is 0 Å². The molecular weight excluding hydrogens is 349 g/mol. The largest absolute Gasteiger partial charge is 0.481 e. The maximum Gasteiger partial charge on any atom is 0.433 e. The fourth-order valence-electron chi connectivity index (χ4n) is 3.62. The standard InChI is InChI=1S/C16H17F3N6O/c1-26-14-2-3-20-15(23-14)25-7-10-5-24(6-11(10)8-25)13-4-12(16(17,18)19)21-9-22-13/h2-4,9-11H,5-8H2,1H3. The second-order valence-corrected chi connectivity index (χ2v) is 6.49. The molecule has 2 aliphatic heterocycles. The summed E-state index contributed by atoms with van der Waals surface area (Å²) in [5, 5.41) is 0. The predicted octanol–water partition coefficient (Wildman–Crippen LogP) is 1.87. The summed E-state index contributed by atoms with van der Waals surface area (Å²) in [6.07, 6.45) is -1.84. The lowest BCUT2D eigenvalue weighted by molar-refractivity contribution is -0.141. The summed E-state index contributed by atoms with van der Waals surface area (Å²) in [6.45, 7) is 2.82. The van der Waals surface area contributed by atoms with Crippen LogP contribution >= 0.6 is 0 Å². The Morgan fingerprint density at radius 2 is 1.73 bits per heavy atom. The minimum absolute atomic E-state index is 0.325. The Morgan fingerprint density at radius 3 is 2.38 bits per heavy atom. The van der Waals surface area contributed by atoms with Gasteiger partial charge in [0, 0.05) is 56.3 Å². The quantitative estimate of drug-likeness (QED) is 0.821. The summed E-state index contributed by atoms with van der Waals surface area (Å²) in [5.74, 6) is 2.11. The lowest BCUT2D eigenvalue weighted by atomic mass is 10.0. The highest BCUT2D eigenvalue weighted by atomic mass is 19.4. The Hall–Kier alpha value is -2.65. The second kappa shape index (κ2) is 6.26. The molecule has 2 atom stereocenters. The number of fused-ring (bicyclic) bond motifs is 1. The summed E-state index contributed by atoms with van der Waals surface area (Å²) in [6, 6.07) is 2.71. The van der Waals surface area contributed by atoms with Crippen molar-refractivity contribution < 1.29 is 17.9 Å². The number of anilines is 2. The molecule has 2 aromatic rings. The van der Waals surface area contributed by atoms with E-state index in [9.17, 15) is 13.2 Å².